The molecule has 1 heterocycles. The van der Waals surface area contributed by atoms with Gasteiger partial charge in [-0.2, -0.15) is 0 Å². The summed E-state index contributed by atoms with van der Waals surface area (Å²) in [5, 5.41) is 94.7. The molecule has 2 aromatic rings. The maximum absolute atomic E-state index is 14.5. The van der Waals surface area contributed by atoms with Crippen molar-refractivity contribution in [2.24, 2.45) is 0 Å². The molecule has 7 amide bonds. The molecule has 0 radical (unpaired) electrons. The zero-order chi connectivity index (χ0) is 69.5. The van der Waals surface area contributed by atoms with E-state index in [1.807, 2.05) is 27.5 Å². The van der Waals surface area contributed by atoms with Crippen LogP contribution in [0.25, 0.3) is 0 Å². The largest absolute Gasteiger partial charge is 0.507 e. The Labute approximate surface area is 557 Å². The summed E-state index contributed by atoms with van der Waals surface area (Å²) in [6.45, 7) is 1.19. The van der Waals surface area contributed by atoms with Crippen molar-refractivity contribution in [2.75, 3.05) is 91.6 Å². The molecular weight excluding hydrogens is 1350 g/mol. The van der Waals surface area contributed by atoms with Gasteiger partial charge in [0, 0.05) is 111 Å². The van der Waals surface area contributed by atoms with Gasteiger partial charge in [0.25, 0.3) is 0 Å². The van der Waals surface area contributed by atoms with Crippen LogP contribution in [-0.4, -0.2) is 260 Å². The molecule has 3 rings (SSSR count). The van der Waals surface area contributed by atoms with Crippen molar-refractivity contribution in [3.63, 3.8) is 0 Å². The van der Waals surface area contributed by atoms with E-state index in [0.29, 0.717) is 59.6 Å². The zero-order valence-corrected chi connectivity index (χ0v) is 54.6. The van der Waals surface area contributed by atoms with Crippen molar-refractivity contribution in [3.05, 3.63) is 63.2 Å². The van der Waals surface area contributed by atoms with Gasteiger partial charge in [-0.1, -0.05) is 49.2 Å². The van der Waals surface area contributed by atoms with Gasteiger partial charge in [0.15, 0.2) is 0 Å². The molecule has 33 heteroatoms. The second-order valence-electron chi connectivity index (χ2n) is 22.8. The topological polar surface area (TPSA) is 481 Å². The number of amides is 7. The SMILES string of the molecule is O=C(O)CCC(NC(=O)N[C@@H](CCCCNC(=O)CCCCCCC(=O)NCCCCC(NC(=O)[C@@H](Cc1ccccc1)NC(=O)C(Cc1ccc(O)c(I)c1)NC(=O)CCN1CCN(CC(=O)O)CCN(CC(=O)O)CCN(CC(=O)O)CC1)C(=O)O)C(=O)O)C(=O)O. The van der Waals surface area contributed by atoms with Crippen molar-refractivity contribution in [1.29, 1.82) is 0 Å². The number of benzene rings is 2. The first-order chi connectivity index (χ1) is 44.7. The summed E-state index contributed by atoms with van der Waals surface area (Å²) in [4.78, 5) is 168. The van der Waals surface area contributed by atoms with Gasteiger partial charge in [-0.05, 0) is 104 Å². The van der Waals surface area contributed by atoms with Gasteiger partial charge in [-0.25, -0.2) is 19.2 Å². The van der Waals surface area contributed by atoms with Crippen LogP contribution in [0.15, 0.2) is 48.5 Å². The summed E-state index contributed by atoms with van der Waals surface area (Å²) < 4.78 is 0.454. The van der Waals surface area contributed by atoms with Crippen molar-refractivity contribution in [1.82, 2.24) is 56.8 Å². The van der Waals surface area contributed by atoms with Crippen LogP contribution in [0, 0.1) is 3.57 Å². The second kappa shape index (κ2) is 44.3. The number of phenolic OH excluding ortho intramolecular Hbond substituents is 1. The van der Waals surface area contributed by atoms with E-state index >= 15 is 0 Å². The Morgan fingerprint density at radius 2 is 0.819 bits per heavy atom. The highest BCUT2D eigenvalue weighted by molar-refractivity contribution is 14.1. The van der Waals surface area contributed by atoms with Crippen LogP contribution < -0.4 is 37.2 Å². The molecule has 3 unspecified atom stereocenters. The van der Waals surface area contributed by atoms with Crippen LogP contribution in [-0.2, 0) is 70.4 Å². The molecule has 94 heavy (non-hydrogen) atoms. The van der Waals surface area contributed by atoms with E-state index in [1.54, 1.807) is 57.2 Å². The molecule has 1 aliphatic heterocycles. The van der Waals surface area contributed by atoms with E-state index in [9.17, 15) is 98.1 Å². The number of carbonyl (C=O) groups excluding carboxylic acids is 6. The lowest BCUT2D eigenvalue weighted by Crippen LogP contribution is -2.57. The molecule has 522 valence electrons. The first kappa shape index (κ1) is 80.0. The third-order valence-corrected chi connectivity index (χ3v) is 16.1. The average Bonchev–Trinajstić information content (AvgIpc) is 0.968. The predicted molar refractivity (Wildman–Crippen MR) is 344 cm³/mol. The number of carboxylic acids is 7. The van der Waals surface area contributed by atoms with Crippen LogP contribution in [0.3, 0.4) is 0 Å². The summed E-state index contributed by atoms with van der Waals surface area (Å²) in [5.41, 5.74) is 1.15. The van der Waals surface area contributed by atoms with Crippen LogP contribution >= 0.6 is 22.6 Å². The van der Waals surface area contributed by atoms with Crippen LogP contribution in [0.4, 0.5) is 4.79 Å². The minimum Gasteiger partial charge on any atom is -0.507 e. The van der Waals surface area contributed by atoms with Gasteiger partial charge in [0.05, 0.1) is 23.2 Å². The van der Waals surface area contributed by atoms with Crippen molar-refractivity contribution in [3.8, 4) is 5.75 Å². The maximum Gasteiger partial charge on any atom is 0.326 e. The Bertz CT molecular complexity index is 2810. The smallest absolute Gasteiger partial charge is 0.326 e. The quantitative estimate of drug-likeness (QED) is 0.0311. The molecule has 0 saturated carbocycles. The molecule has 1 fully saturated rings. The number of nitrogens with one attached hydrogen (secondary N) is 7. The predicted octanol–water partition coefficient (Wildman–Crippen LogP) is 0.170. The van der Waals surface area contributed by atoms with Gasteiger partial charge in [-0.15, -0.1) is 0 Å². The molecule has 0 spiro atoms. The number of aliphatic carboxylic acids is 7. The minimum atomic E-state index is -1.54. The Kier molecular flexibility index (Phi) is 37.7. The number of carbonyl (C=O) groups is 13. The maximum atomic E-state index is 14.5. The highest BCUT2D eigenvalue weighted by Gasteiger charge is 2.31. The number of aromatic hydroxyl groups is 1. The fraction of sp³-hybridized carbons (Fsp3) is 0.590. The summed E-state index contributed by atoms with van der Waals surface area (Å²) in [7, 11) is 0. The molecule has 0 aromatic heterocycles. The second-order valence-corrected chi connectivity index (χ2v) is 24.0. The first-order valence-corrected chi connectivity index (χ1v) is 32.2. The van der Waals surface area contributed by atoms with Gasteiger partial charge >= 0.3 is 47.8 Å². The Morgan fingerprint density at radius 1 is 0.404 bits per heavy atom. The average molecular weight is 1440 g/mol. The lowest BCUT2D eigenvalue weighted by atomic mass is 10.0. The van der Waals surface area contributed by atoms with E-state index in [-0.39, 0.29) is 161 Å². The summed E-state index contributed by atoms with van der Waals surface area (Å²) >= 11 is 1.91. The van der Waals surface area contributed by atoms with E-state index in [0.717, 1.165) is 0 Å². The van der Waals surface area contributed by atoms with Gasteiger partial charge < -0.3 is 83.0 Å². The number of nitrogens with zero attached hydrogens (tertiary/aromatic N) is 4. The fourth-order valence-corrected chi connectivity index (χ4v) is 10.6. The Hall–Kier alpha value is -8.28. The molecular formula is C61H90IN11O21. The van der Waals surface area contributed by atoms with E-state index < -0.39 is 109 Å². The monoisotopic (exact) mass is 1440 g/mol. The number of urea groups is 1. The van der Waals surface area contributed by atoms with Gasteiger partial charge in [0.2, 0.25) is 29.5 Å². The molecule has 0 bridgehead atoms. The van der Waals surface area contributed by atoms with Crippen molar-refractivity contribution < 1.29 is 103 Å². The minimum absolute atomic E-state index is 0.0236. The third kappa shape index (κ3) is 35.1. The number of carboxylic acid groups (broad SMARTS) is 7. The third-order valence-electron chi connectivity index (χ3n) is 15.2. The number of halogens is 1. The lowest BCUT2D eigenvalue weighted by Gasteiger charge is -2.33. The number of hydrogen-bond donors (Lipinski definition) is 15. The first-order valence-electron chi connectivity index (χ1n) is 31.1. The van der Waals surface area contributed by atoms with Crippen molar-refractivity contribution >= 4 is 99.9 Å². The molecule has 2 aromatic carbocycles. The fourth-order valence-electron chi connectivity index (χ4n) is 10.0. The molecule has 5 atom stereocenters. The van der Waals surface area contributed by atoms with Gasteiger partial charge in [0.1, 0.15) is 36.0 Å². The van der Waals surface area contributed by atoms with E-state index in [1.165, 1.54) is 6.07 Å². The van der Waals surface area contributed by atoms with Crippen LogP contribution in [0.5, 0.6) is 5.75 Å². The standard InChI is InChI=1S/C61H90IN11O21/c62-42-34-41(18-20-48(42)74)36-46(65-51(77)22-25-70-26-28-71(37-53(80)81)30-32-73(39-55(84)85)33-31-72(29-27-70)38-54(82)83)56(86)67-47(35-40-12-4-3-5-13-40)57(87)66-43(58(88)89)14-8-10-23-63-49(75)16-6-1-2-7-17-50(76)64-24-11-9-15-44(59(90)91)68-61(94)69-45(60(92)93)19-21-52(78)79/h3-5,12-13,18,20,34,43-47,74H,1-2,6-11,14-17,19,21-33,35-39H2,(H,63,75)(H,64,76)(H,65,77)(H,66,87)(H,67,86)(H,78,79)(H,80,81)(H,82,83)(H,84,85)(H,88,89)(H,90,91)(H,92,93)(H2,68,69,94)/t43?,44-,45?,46?,47+/m0/s1. The van der Waals surface area contributed by atoms with Gasteiger partial charge in [-0.3, -0.25) is 57.9 Å². The number of hydrogen-bond acceptors (Lipinski definition) is 18. The summed E-state index contributed by atoms with van der Waals surface area (Å²) in [5.74, 6) is -11.4. The Morgan fingerprint density at radius 3 is 1.26 bits per heavy atom. The lowest BCUT2D eigenvalue weighted by molar-refractivity contribution is -0.143. The highest BCUT2D eigenvalue weighted by Crippen LogP contribution is 2.21. The van der Waals surface area contributed by atoms with E-state index in [4.69, 9.17) is 5.11 Å². The molecule has 1 aliphatic rings. The molecule has 0 aliphatic carbocycles. The number of phenols is 1. The number of unbranched alkanes of at least 4 members (excludes halogenated alkanes) is 5. The zero-order valence-electron chi connectivity index (χ0n) is 52.5. The van der Waals surface area contributed by atoms with Crippen molar-refractivity contribution in [2.45, 2.75) is 139 Å². The van der Waals surface area contributed by atoms with Crippen LogP contribution in [0.2, 0.25) is 0 Å². The molecule has 32 nitrogen and oxygen atoms in total. The molecule has 1 saturated heterocycles. The summed E-state index contributed by atoms with van der Waals surface area (Å²) in [6.07, 6.45) is 2.76. The number of rotatable bonds is 43. The highest BCUT2D eigenvalue weighted by atomic mass is 127. The normalized spacial score (nSPS) is 15.2. The summed E-state index contributed by atoms with van der Waals surface area (Å²) in [6, 6.07) is 5.19. The van der Waals surface area contributed by atoms with E-state index in [2.05, 4.69) is 37.2 Å². The Balaban J connectivity index is 1.53. The molecule has 15 N–H and O–H groups in total. The van der Waals surface area contributed by atoms with Crippen LogP contribution in [0.1, 0.15) is 107 Å².